The second-order valence-corrected chi connectivity index (χ2v) is 7.85. The molecule has 0 atom stereocenters. The number of nitro groups is 1. The molecule has 0 aromatic carbocycles. The van der Waals surface area contributed by atoms with E-state index in [-0.39, 0.29) is 68.2 Å². The highest BCUT2D eigenvalue weighted by Crippen LogP contribution is 2.13. The smallest absolute Gasteiger partial charge is 0.343 e. The summed E-state index contributed by atoms with van der Waals surface area (Å²) in [6.07, 6.45) is 0. The summed E-state index contributed by atoms with van der Waals surface area (Å²) in [7, 11) is 0. The Hall–Kier alpha value is -5.01. The number of ether oxygens (including phenoxy) is 4. The predicted molar refractivity (Wildman–Crippen MR) is 135 cm³/mol. The number of anilines is 1. The average Bonchev–Trinajstić information content (AvgIpc) is 3.72. The van der Waals surface area contributed by atoms with Gasteiger partial charge in [-0.3, -0.25) is 24.6 Å². The van der Waals surface area contributed by atoms with Crippen LogP contribution in [0.1, 0.15) is 44.1 Å². The fraction of sp³-hybridized carbons (Fsp3) is 0.409. The van der Waals surface area contributed by atoms with Crippen LogP contribution in [0.25, 0.3) is 0 Å². The lowest BCUT2D eigenvalue weighted by Crippen LogP contribution is -2.28. The topological polar surface area (TPSA) is 258 Å². The normalized spacial score (nSPS) is 10.8. The zero-order valence-corrected chi connectivity index (χ0v) is 21.8. The van der Waals surface area contributed by atoms with Gasteiger partial charge in [-0.1, -0.05) is 5.10 Å². The Morgan fingerprint density at radius 1 is 0.854 bits per heavy atom. The summed E-state index contributed by atoms with van der Waals surface area (Å²) in [5, 5.41) is 33.9. The van der Waals surface area contributed by atoms with Gasteiger partial charge < -0.3 is 39.7 Å². The van der Waals surface area contributed by atoms with Crippen molar-refractivity contribution in [3.63, 3.8) is 0 Å². The summed E-state index contributed by atoms with van der Waals surface area (Å²) in [5.41, 5.74) is -0.455. The van der Waals surface area contributed by atoms with Crippen molar-refractivity contribution in [2.45, 2.75) is 6.92 Å². The van der Waals surface area contributed by atoms with Crippen LogP contribution in [0.5, 0.6) is 0 Å². The van der Waals surface area contributed by atoms with Gasteiger partial charge >= 0.3 is 11.8 Å². The molecular weight excluding hydrogens is 550 g/mol. The van der Waals surface area contributed by atoms with Crippen molar-refractivity contribution in [2.75, 3.05) is 58.1 Å². The number of H-pyrrole nitrogens is 3. The minimum Gasteiger partial charge on any atom is -0.464 e. The molecule has 2 amide bonds. The Balaban J connectivity index is 1.31. The molecule has 3 aromatic rings. The van der Waals surface area contributed by atoms with Crippen molar-refractivity contribution < 1.29 is 43.0 Å². The SMILES string of the molecule is CCOC(=O)COCCOCCOCCNC(=O)c1cc(NC(=O)c2cc(C(=O)c3cc([N+](=O)[O-])[nH]n3)n[nH]2)n[nH]1. The first-order valence-electron chi connectivity index (χ1n) is 12.1. The van der Waals surface area contributed by atoms with E-state index in [2.05, 4.69) is 41.2 Å². The zero-order valence-electron chi connectivity index (χ0n) is 21.8. The number of ketones is 1. The molecular formula is C22H27N9O10. The summed E-state index contributed by atoms with van der Waals surface area (Å²) in [4.78, 5) is 58.2. The Morgan fingerprint density at radius 2 is 1.49 bits per heavy atom. The van der Waals surface area contributed by atoms with Crippen LogP contribution in [0.15, 0.2) is 18.2 Å². The van der Waals surface area contributed by atoms with Gasteiger partial charge in [-0.05, 0) is 11.8 Å². The Bertz CT molecular complexity index is 1350. The first-order valence-corrected chi connectivity index (χ1v) is 12.1. The second-order valence-electron chi connectivity index (χ2n) is 7.85. The lowest BCUT2D eigenvalue weighted by atomic mass is 10.2. The van der Waals surface area contributed by atoms with E-state index in [1.807, 2.05) is 0 Å². The van der Waals surface area contributed by atoms with E-state index in [4.69, 9.17) is 18.9 Å². The van der Waals surface area contributed by atoms with Crippen LogP contribution in [0.4, 0.5) is 11.6 Å². The summed E-state index contributed by atoms with van der Waals surface area (Å²) in [5.74, 6) is -2.80. The number of nitrogens with one attached hydrogen (secondary N) is 5. The third kappa shape index (κ3) is 9.60. The summed E-state index contributed by atoms with van der Waals surface area (Å²) in [6, 6.07) is 3.39. The standard InChI is InChI=1S/C22H27N9O10/c1-2-41-19(32)12-40-8-7-39-6-5-38-4-3-23-21(34)16-10-17(29-28-16)24-22(35)15-9-13(25-27-15)20(33)14-11-18(30-26-14)31(36)37/h9-11H,2-8,12H2,1H3,(H,23,34)(H,25,27)(H,26,30)(H2,24,28,29,35). The molecule has 0 bridgehead atoms. The number of nitrogens with zero attached hydrogens (tertiary/aromatic N) is 4. The van der Waals surface area contributed by atoms with Crippen molar-refractivity contribution >= 4 is 35.2 Å². The molecule has 5 N–H and O–H groups in total. The lowest BCUT2D eigenvalue weighted by molar-refractivity contribution is -0.389. The molecule has 0 radical (unpaired) electrons. The van der Waals surface area contributed by atoms with Crippen LogP contribution in [0.2, 0.25) is 0 Å². The van der Waals surface area contributed by atoms with E-state index in [0.29, 0.717) is 13.2 Å². The molecule has 19 heteroatoms. The third-order valence-electron chi connectivity index (χ3n) is 4.91. The molecule has 0 aliphatic rings. The van der Waals surface area contributed by atoms with Crippen molar-refractivity contribution in [3.05, 3.63) is 51.1 Å². The zero-order chi connectivity index (χ0) is 29.6. The average molecular weight is 578 g/mol. The number of carbonyl (C=O) groups excluding carboxylic acids is 4. The van der Waals surface area contributed by atoms with Gasteiger partial charge in [0.15, 0.2) is 11.5 Å². The van der Waals surface area contributed by atoms with Crippen LogP contribution in [0.3, 0.4) is 0 Å². The fourth-order valence-corrected chi connectivity index (χ4v) is 3.02. The number of hydrogen-bond acceptors (Lipinski definition) is 13. The molecule has 0 fully saturated rings. The van der Waals surface area contributed by atoms with E-state index in [1.165, 1.54) is 6.07 Å². The summed E-state index contributed by atoms with van der Waals surface area (Å²) >= 11 is 0. The van der Waals surface area contributed by atoms with Gasteiger partial charge in [-0.2, -0.15) is 10.2 Å². The quantitative estimate of drug-likeness (QED) is 0.0424. The summed E-state index contributed by atoms with van der Waals surface area (Å²) < 4.78 is 20.5. The third-order valence-corrected chi connectivity index (χ3v) is 4.91. The van der Waals surface area contributed by atoms with Crippen molar-refractivity contribution in [1.82, 2.24) is 35.9 Å². The molecule has 0 unspecified atom stereocenters. The Morgan fingerprint density at radius 3 is 2.20 bits per heavy atom. The van der Waals surface area contributed by atoms with Gasteiger partial charge in [0.1, 0.15) is 23.7 Å². The first kappa shape index (κ1) is 30.5. The molecule has 0 spiro atoms. The predicted octanol–water partition coefficient (Wildman–Crippen LogP) is -0.410. The highest BCUT2D eigenvalue weighted by Gasteiger charge is 2.22. The van der Waals surface area contributed by atoms with Gasteiger partial charge in [-0.15, -0.1) is 5.10 Å². The number of aromatic nitrogens is 6. The van der Waals surface area contributed by atoms with Crippen LogP contribution in [-0.2, 0) is 23.7 Å². The van der Waals surface area contributed by atoms with Gasteiger partial charge in [0, 0.05) is 18.7 Å². The van der Waals surface area contributed by atoms with Crippen LogP contribution < -0.4 is 10.6 Å². The maximum atomic E-state index is 12.5. The largest absolute Gasteiger partial charge is 0.464 e. The molecule has 0 saturated heterocycles. The fourth-order valence-electron chi connectivity index (χ4n) is 3.02. The maximum absolute atomic E-state index is 12.5. The number of rotatable bonds is 18. The van der Waals surface area contributed by atoms with Crippen molar-refractivity contribution in [2.24, 2.45) is 0 Å². The van der Waals surface area contributed by atoms with Crippen molar-refractivity contribution in [1.29, 1.82) is 0 Å². The molecule has 3 rings (SSSR count). The van der Waals surface area contributed by atoms with Crippen molar-refractivity contribution in [3.8, 4) is 0 Å². The number of carbonyl (C=O) groups is 4. The molecule has 0 aliphatic carbocycles. The number of hydrogen-bond donors (Lipinski definition) is 5. The monoisotopic (exact) mass is 577 g/mol. The molecule has 41 heavy (non-hydrogen) atoms. The Labute approximate surface area is 230 Å². The molecule has 0 saturated carbocycles. The van der Waals surface area contributed by atoms with E-state index in [1.54, 1.807) is 6.92 Å². The molecule has 220 valence electrons. The first-order chi connectivity index (χ1) is 19.8. The molecule has 3 heterocycles. The van der Waals surface area contributed by atoms with Gasteiger partial charge in [-0.25, -0.2) is 4.79 Å². The number of esters is 1. The van der Waals surface area contributed by atoms with E-state index < -0.39 is 34.3 Å². The maximum Gasteiger partial charge on any atom is 0.343 e. The highest BCUT2D eigenvalue weighted by molar-refractivity contribution is 6.09. The number of aromatic amines is 3. The van der Waals surface area contributed by atoms with E-state index in [9.17, 15) is 29.3 Å². The molecule has 3 aromatic heterocycles. The minimum atomic E-state index is -0.741. The molecule has 19 nitrogen and oxygen atoms in total. The van der Waals surface area contributed by atoms with Gasteiger partial charge in [0.2, 0.25) is 5.78 Å². The minimum absolute atomic E-state index is 0.0326. The lowest BCUT2D eigenvalue weighted by Gasteiger charge is -2.07. The van der Waals surface area contributed by atoms with Crippen LogP contribution in [-0.4, -0.2) is 112 Å². The van der Waals surface area contributed by atoms with E-state index >= 15 is 0 Å². The van der Waals surface area contributed by atoms with Crippen LogP contribution in [0, 0.1) is 10.1 Å². The highest BCUT2D eigenvalue weighted by atomic mass is 16.6. The summed E-state index contributed by atoms with van der Waals surface area (Å²) in [6.45, 7) is 3.42. The molecule has 0 aliphatic heterocycles. The Kier molecular flexibility index (Phi) is 11.6. The van der Waals surface area contributed by atoms with E-state index in [0.717, 1.165) is 12.1 Å². The van der Waals surface area contributed by atoms with Crippen LogP contribution >= 0.6 is 0 Å². The second kappa shape index (κ2) is 15.5. The van der Waals surface area contributed by atoms with Gasteiger partial charge in [0.25, 0.3) is 11.8 Å². The van der Waals surface area contributed by atoms with Gasteiger partial charge in [0.05, 0.1) is 45.7 Å². The number of amides is 2.